The zero-order chi connectivity index (χ0) is 37.2. The molecule has 53 heavy (non-hydrogen) atoms. The first kappa shape index (κ1) is 35.3. The van der Waals surface area contributed by atoms with Gasteiger partial charge in [-0.2, -0.15) is 0 Å². The van der Waals surface area contributed by atoms with Crippen molar-refractivity contribution in [2.24, 2.45) is 30.7 Å². The number of ether oxygens (including phenoxy) is 1. The van der Waals surface area contributed by atoms with E-state index in [2.05, 4.69) is 21.3 Å². The van der Waals surface area contributed by atoms with Gasteiger partial charge < -0.3 is 15.8 Å². The number of aryl methyl sites for hydroxylation is 1. The van der Waals surface area contributed by atoms with Crippen LogP contribution in [0.2, 0.25) is 10.0 Å². The van der Waals surface area contributed by atoms with Crippen LogP contribution < -0.4 is 27.0 Å². The van der Waals surface area contributed by atoms with Crippen LogP contribution in [0.3, 0.4) is 0 Å². The highest BCUT2D eigenvalue weighted by molar-refractivity contribution is 6.39. The van der Waals surface area contributed by atoms with E-state index >= 15 is 0 Å². The molecule has 0 unspecified atom stereocenters. The van der Waals surface area contributed by atoms with Gasteiger partial charge in [-0.05, 0) is 80.7 Å². The van der Waals surface area contributed by atoms with Gasteiger partial charge in [0.05, 0.1) is 34.1 Å². The Hall–Kier alpha value is -4.71. The zero-order valence-corrected chi connectivity index (χ0v) is 31.5. The molecular formula is C40H41Cl2N7O4. The number of carbonyl (C=O) groups excluding carboxylic acids is 1. The van der Waals surface area contributed by atoms with E-state index in [1.54, 1.807) is 32.5 Å². The number of anilines is 2. The minimum Gasteiger partial charge on any atom is -0.481 e. The predicted molar refractivity (Wildman–Crippen MR) is 208 cm³/mol. The molecule has 2 aliphatic carbocycles. The Bertz CT molecular complexity index is 2430. The largest absolute Gasteiger partial charge is 0.481 e. The second-order valence-electron chi connectivity index (χ2n) is 15.0. The Kier molecular flexibility index (Phi) is 8.86. The van der Waals surface area contributed by atoms with Crippen LogP contribution in [0, 0.1) is 10.8 Å². The number of nitrogens with zero attached hydrogens (tertiary/aromatic N) is 5. The Morgan fingerprint density at radius 3 is 2.42 bits per heavy atom. The first-order valence-electron chi connectivity index (χ1n) is 17.9. The van der Waals surface area contributed by atoms with Crippen molar-refractivity contribution in [3.8, 4) is 28.3 Å². The van der Waals surface area contributed by atoms with Crippen molar-refractivity contribution < 1.29 is 9.53 Å². The number of fused-ring (bicyclic) bond motifs is 4. The van der Waals surface area contributed by atoms with Crippen LogP contribution in [-0.4, -0.2) is 50.1 Å². The first-order chi connectivity index (χ1) is 25.4. The van der Waals surface area contributed by atoms with Crippen molar-refractivity contribution in [3.05, 3.63) is 96.7 Å². The molecule has 11 nitrogen and oxygen atoms in total. The average Bonchev–Trinajstić information content (AvgIpc) is 3.74. The molecule has 2 fully saturated rings. The lowest BCUT2D eigenvalue weighted by molar-refractivity contribution is -0.127. The number of hydrogen-bond donors (Lipinski definition) is 2. The number of amides is 1. The summed E-state index contributed by atoms with van der Waals surface area (Å²) in [5.41, 5.74) is 11.0. The predicted octanol–water partition coefficient (Wildman–Crippen LogP) is 6.60. The number of aromatic nitrogens is 4. The molecule has 5 aromatic rings. The lowest BCUT2D eigenvalue weighted by atomic mass is 9.80. The van der Waals surface area contributed by atoms with Crippen LogP contribution in [0.15, 0.2) is 64.3 Å². The Labute approximate surface area is 316 Å². The fourth-order valence-corrected chi connectivity index (χ4v) is 9.61. The molecule has 2 bridgehead atoms. The molecule has 0 spiro atoms. The second-order valence-corrected chi connectivity index (χ2v) is 15.7. The second kappa shape index (κ2) is 13.3. The van der Waals surface area contributed by atoms with Gasteiger partial charge >= 0.3 is 5.69 Å². The minimum atomic E-state index is -0.462. The average molecular weight is 755 g/mol. The third-order valence-corrected chi connectivity index (χ3v) is 12.9. The lowest BCUT2D eigenvalue weighted by Gasteiger charge is -2.33. The Morgan fingerprint density at radius 2 is 1.70 bits per heavy atom. The van der Waals surface area contributed by atoms with E-state index in [1.807, 2.05) is 30.3 Å². The molecule has 2 aromatic carbocycles. The van der Waals surface area contributed by atoms with Gasteiger partial charge in [-0.1, -0.05) is 53.5 Å². The van der Waals surface area contributed by atoms with Gasteiger partial charge in [0.2, 0.25) is 11.8 Å². The van der Waals surface area contributed by atoms with Crippen LogP contribution in [0.25, 0.3) is 33.3 Å². The van der Waals surface area contributed by atoms with E-state index in [0.717, 1.165) is 85.8 Å². The van der Waals surface area contributed by atoms with Crippen molar-refractivity contribution in [1.29, 1.82) is 0 Å². The number of pyridine rings is 2. The van der Waals surface area contributed by atoms with Crippen LogP contribution in [0.1, 0.15) is 49.7 Å². The number of rotatable bonds is 9. The number of methoxy groups -OCH3 is 1. The quantitative estimate of drug-likeness (QED) is 0.172. The maximum atomic E-state index is 13.2. The number of hydrogen-bond acceptors (Lipinski definition) is 8. The van der Waals surface area contributed by atoms with E-state index in [9.17, 15) is 14.4 Å². The smallest absolute Gasteiger partial charge is 0.330 e. The highest BCUT2D eigenvalue weighted by Gasteiger charge is 2.56. The molecule has 0 radical (unpaired) electrons. The van der Waals surface area contributed by atoms with E-state index in [-0.39, 0.29) is 27.9 Å². The molecule has 3 N–H and O–H groups in total. The summed E-state index contributed by atoms with van der Waals surface area (Å²) in [5, 5.41) is 4.37. The summed E-state index contributed by atoms with van der Waals surface area (Å²) in [7, 11) is 4.71. The van der Waals surface area contributed by atoms with Crippen molar-refractivity contribution in [3.63, 3.8) is 0 Å². The normalized spacial score (nSPS) is 20.8. The lowest BCUT2D eigenvalue weighted by Crippen LogP contribution is -2.37. The van der Waals surface area contributed by atoms with E-state index in [1.165, 1.54) is 11.6 Å². The molecule has 1 amide bonds. The summed E-state index contributed by atoms with van der Waals surface area (Å²) in [4.78, 5) is 49.8. The van der Waals surface area contributed by atoms with Crippen molar-refractivity contribution in [2.75, 3.05) is 25.5 Å². The summed E-state index contributed by atoms with van der Waals surface area (Å²) in [6.45, 7) is 2.66. The fraction of sp³-hybridized carbons (Fsp3) is 0.375. The topological polar surface area (TPSA) is 137 Å². The first-order valence-corrected chi connectivity index (χ1v) is 18.7. The van der Waals surface area contributed by atoms with Crippen LogP contribution in [0.5, 0.6) is 5.88 Å². The third kappa shape index (κ3) is 5.89. The molecule has 2 saturated carbocycles. The number of nitrogens with two attached hydrogens (primary N) is 1. The van der Waals surface area contributed by atoms with Crippen molar-refractivity contribution in [2.45, 2.75) is 51.5 Å². The van der Waals surface area contributed by atoms with Crippen molar-refractivity contribution in [1.82, 2.24) is 24.0 Å². The maximum Gasteiger partial charge on any atom is 0.330 e. The molecule has 8 rings (SSSR count). The number of halogens is 2. The molecule has 3 aliphatic rings. The number of primary amides is 1. The Balaban J connectivity index is 1.08. The molecule has 274 valence electrons. The van der Waals surface area contributed by atoms with E-state index in [4.69, 9.17) is 38.7 Å². The molecule has 4 heterocycles. The van der Waals surface area contributed by atoms with Gasteiger partial charge in [0, 0.05) is 61.1 Å². The van der Waals surface area contributed by atoms with Gasteiger partial charge in [-0.3, -0.25) is 23.6 Å². The maximum absolute atomic E-state index is 13.2. The Morgan fingerprint density at radius 1 is 0.981 bits per heavy atom. The van der Waals surface area contributed by atoms with Crippen molar-refractivity contribution >= 4 is 51.5 Å². The van der Waals surface area contributed by atoms with Crippen LogP contribution >= 0.6 is 23.2 Å². The van der Waals surface area contributed by atoms with E-state index < -0.39 is 11.2 Å². The highest BCUT2D eigenvalue weighted by Crippen LogP contribution is 2.63. The van der Waals surface area contributed by atoms with Gasteiger partial charge in [0.15, 0.2) is 0 Å². The summed E-state index contributed by atoms with van der Waals surface area (Å²) < 4.78 is 8.30. The minimum absolute atomic E-state index is 0.119. The highest BCUT2D eigenvalue weighted by atomic mass is 35.5. The molecule has 0 atom stereocenters. The third-order valence-electron chi connectivity index (χ3n) is 12.1. The van der Waals surface area contributed by atoms with Gasteiger partial charge in [-0.15, -0.1) is 0 Å². The summed E-state index contributed by atoms with van der Waals surface area (Å²) in [5.74, 6) is 0.763. The molecular weight excluding hydrogens is 713 g/mol. The SMILES string of the molecule is COc1nc(-c2cccc(-c3cccc(Nc4nccc5c4c(=O)n(C)c(=O)n5C)c3Cl)c2Cl)cc2c1CCN(CCC13CCC(C(N)=O)(CC1)C3)C2. The fourth-order valence-electron chi connectivity index (χ4n) is 9.01. The molecule has 3 aromatic heterocycles. The standard InChI is InChI=1S/C40H41Cl2N7O4/c1-47-30-10-17-44-34(31(30)36(50)48(2)38(47)52)45-28-9-5-7-26(33(28)42)25-6-4-8-27(32(25)41)29-20-23-21-49(18-11-24(23)35(46-29)53-3)19-16-39-12-14-40(22-39,15-13-39)37(43)51/h4-10,17,20H,11-16,18-19,21-22H2,1-3H3,(H2,43,51)(H,44,45). The molecule has 0 saturated heterocycles. The summed E-state index contributed by atoms with van der Waals surface area (Å²) >= 11 is 14.3. The molecule has 13 heteroatoms. The monoisotopic (exact) mass is 753 g/mol. The summed E-state index contributed by atoms with van der Waals surface area (Å²) in [6.07, 6.45) is 8.40. The van der Waals surface area contributed by atoms with Gasteiger partial charge in [0.1, 0.15) is 11.2 Å². The van der Waals surface area contributed by atoms with Gasteiger partial charge in [0.25, 0.3) is 5.56 Å². The summed E-state index contributed by atoms with van der Waals surface area (Å²) in [6, 6.07) is 15.1. The number of benzene rings is 2. The number of nitrogens with one attached hydrogen (secondary N) is 1. The van der Waals surface area contributed by atoms with Crippen LogP contribution in [-0.2, 0) is 31.9 Å². The van der Waals surface area contributed by atoms with E-state index in [0.29, 0.717) is 44.0 Å². The van der Waals surface area contributed by atoms with Crippen LogP contribution in [0.4, 0.5) is 11.5 Å². The zero-order valence-electron chi connectivity index (χ0n) is 30.0. The number of carbonyl (C=O) groups is 1. The molecule has 1 aliphatic heterocycles. The van der Waals surface area contributed by atoms with Gasteiger partial charge in [-0.25, -0.2) is 14.8 Å².